The van der Waals surface area contributed by atoms with Crippen molar-refractivity contribution in [2.45, 2.75) is 6.92 Å². The first kappa shape index (κ1) is 10.5. The molecule has 0 radical (unpaired) electrons. The summed E-state index contributed by atoms with van der Waals surface area (Å²) in [6.07, 6.45) is 3.88. The molecule has 0 fully saturated rings. The van der Waals surface area contributed by atoms with E-state index in [2.05, 4.69) is 9.97 Å². The van der Waals surface area contributed by atoms with Crippen LogP contribution in [0.2, 0.25) is 0 Å². The van der Waals surface area contributed by atoms with Gasteiger partial charge in [0, 0.05) is 18.0 Å². The van der Waals surface area contributed by atoms with Gasteiger partial charge in [-0.05, 0) is 18.6 Å². The van der Waals surface area contributed by atoms with E-state index < -0.39 is 11.8 Å². The number of pyridine rings is 2. The molecule has 2 N–H and O–H groups in total. The number of anilines is 1. The lowest BCUT2D eigenvalue weighted by atomic mass is 10.0. The molecule has 82 valence electrons. The van der Waals surface area contributed by atoms with Gasteiger partial charge in [-0.15, -0.1) is 0 Å². The summed E-state index contributed by atoms with van der Waals surface area (Å²) in [5.74, 6) is -1.54. The van der Waals surface area contributed by atoms with Gasteiger partial charge in [0.25, 0.3) is 0 Å². The van der Waals surface area contributed by atoms with Gasteiger partial charge in [-0.25, -0.2) is 9.37 Å². The van der Waals surface area contributed by atoms with Gasteiger partial charge in [-0.1, -0.05) is 0 Å². The van der Waals surface area contributed by atoms with E-state index in [1.807, 2.05) is 0 Å². The highest BCUT2D eigenvalue weighted by molar-refractivity contribution is 5.71. The second kappa shape index (κ2) is 3.84. The number of nitrogens with zero attached hydrogens (tertiary/aromatic N) is 2. The van der Waals surface area contributed by atoms with Crippen molar-refractivity contribution < 1.29 is 8.78 Å². The molecule has 0 bridgehead atoms. The summed E-state index contributed by atoms with van der Waals surface area (Å²) in [7, 11) is 0. The van der Waals surface area contributed by atoms with Crippen molar-refractivity contribution in [1.29, 1.82) is 0 Å². The van der Waals surface area contributed by atoms with E-state index in [4.69, 9.17) is 5.73 Å². The van der Waals surface area contributed by atoms with Crippen LogP contribution in [0.25, 0.3) is 11.1 Å². The lowest BCUT2D eigenvalue weighted by Crippen LogP contribution is -1.99. The molecule has 0 saturated heterocycles. The van der Waals surface area contributed by atoms with Crippen molar-refractivity contribution in [2.75, 3.05) is 5.73 Å². The quantitative estimate of drug-likeness (QED) is 0.752. The van der Waals surface area contributed by atoms with Gasteiger partial charge in [-0.3, -0.25) is 4.98 Å². The Morgan fingerprint density at radius 2 is 2.00 bits per heavy atom. The molecular weight excluding hydrogens is 212 g/mol. The molecule has 16 heavy (non-hydrogen) atoms. The van der Waals surface area contributed by atoms with Gasteiger partial charge < -0.3 is 5.73 Å². The molecule has 2 rings (SSSR count). The van der Waals surface area contributed by atoms with Gasteiger partial charge >= 0.3 is 0 Å². The van der Waals surface area contributed by atoms with Crippen LogP contribution in [-0.4, -0.2) is 9.97 Å². The third-order valence-corrected chi connectivity index (χ3v) is 2.38. The molecule has 0 aliphatic rings. The fourth-order valence-electron chi connectivity index (χ4n) is 1.45. The molecule has 3 nitrogen and oxygen atoms in total. The Hall–Kier alpha value is -2.04. The van der Waals surface area contributed by atoms with Crippen LogP contribution >= 0.6 is 0 Å². The van der Waals surface area contributed by atoms with Crippen molar-refractivity contribution in [3.63, 3.8) is 0 Å². The second-order valence-corrected chi connectivity index (χ2v) is 3.36. The first-order chi connectivity index (χ1) is 7.61. The molecule has 5 heteroatoms. The largest absolute Gasteiger partial charge is 0.397 e. The minimum Gasteiger partial charge on any atom is -0.397 e. The lowest BCUT2D eigenvalue weighted by molar-refractivity contribution is 0.558. The molecule has 0 unspecified atom stereocenters. The van der Waals surface area contributed by atoms with Crippen LogP contribution in [0.1, 0.15) is 5.56 Å². The summed E-state index contributed by atoms with van der Waals surface area (Å²) >= 11 is 0. The summed E-state index contributed by atoms with van der Waals surface area (Å²) in [5, 5.41) is 0. The third kappa shape index (κ3) is 1.60. The average Bonchev–Trinajstić information content (AvgIpc) is 2.24. The molecule has 2 heterocycles. The zero-order valence-electron chi connectivity index (χ0n) is 8.54. The predicted molar refractivity (Wildman–Crippen MR) is 56.5 cm³/mol. The van der Waals surface area contributed by atoms with Crippen LogP contribution in [0.4, 0.5) is 14.5 Å². The van der Waals surface area contributed by atoms with Gasteiger partial charge in [0.1, 0.15) is 5.82 Å². The van der Waals surface area contributed by atoms with Gasteiger partial charge in [0.05, 0.1) is 17.4 Å². The Labute approximate surface area is 91.0 Å². The normalized spacial score (nSPS) is 10.4. The summed E-state index contributed by atoms with van der Waals surface area (Å²) < 4.78 is 26.9. The summed E-state index contributed by atoms with van der Waals surface area (Å²) in [6, 6.07) is 1.10. The van der Waals surface area contributed by atoms with E-state index in [0.29, 0.717) is 16.8 Å². The Balaban J connectivity index is 2.73. The van der Waals surface area contributed by atoms with Crippen molar-refractivity contribution in [3.8, 4) is 11.1 Å². The minimum atomic E-state index is -0.865. The summed E-state index contributed by atoms with van der Waals surface area (Å²) in [4.78, 5) is 7.23. The lowest BCUT2D eigenvalue weighted by Gasteiger charge is -2.08. The SMILES string of the molecule is Cc1c(N)cncc1-c1c(F)ccnc1F. The topological polar surface area (TPSA) is 51.8 Å². The highest BCUT2D eigenvalue weighted by Gasteiger charge is 2.15. The molecule has 0 spiro atoms. The van der Waals surface area contributed by atoms with E-state index in [1.165, 1.54) is 12.4 Å². The standard InChI is InChI=1S/C11H9F2N3/c1-6-7(4-15-5-9(6)14)10-8(12)2-3-16-11(10)13/h2-5H,14H2,1H3. The van der Waals surface area contributed by atoms with E-state index in [-0.39, 0.29) is 5.56 Å². The zero-order valence-corrected chi connectivity index (χ0v) is 8.54. The number of nitrogens with two attached hydrogens (primary N) is 1. The first-order valence-corrected chi connectivity index (χ1v) is 4.61. The molecule has 0 aliphatic heterocycles. The molecule has 0 amide bonds. The van der Waals surface area contributed by atoms with Crippen LogP contribution in [0, 0.1) is 18.7 Å². The van der Waals surface area contributed by atoms with E-state index in [9.17, 15) is 8.78 Å². The Bertz CT molecular complexity index is 520. The van der Waals surface area contributed by atoms with Gasteiger partial charge in [0.15, 0.2) is 0 Å². The number of nitrogen functional groups attached to an aromatic ring is 1. The van der Waals surface area contributed by atoms with Crippen molar-refractivity contribution in [3.05, 3.63) is 42.0 Å². The first-order valence-electron chi connectivity index (χ1n) is 4.61. The minimum absolute atomic E-state index is 0.195. The fraction of sp³-hybridized carbons (Fsp3) is 0.0909. The monoisotopic (exact) mass is 221 g/mol. The van der Waals surface area contributed by atoms with Gasteiger partial charge in [-0.2, -0.15) is 4.39 Å². The Kier molecular flexibility index (Phi) is 2.52. The number of hydrogen-bond donors (Lipinski definition) is 1. The maximum Gasteiger partial charge on any atom is 0.223 e. The maximum absolute atomic E-state index is 13.5. The van der Waals surface area contributed by atoms with Gasteiger partial charge in [0.2, 0.25) is 5.95 Å². The fourth-order valence-corrected chi connectivity index (χ4v) is 1.45. The zero-order chi connectivity index (χ0) is 11.7. The summed E-state index contributed by atoms with van der Waals surface area (Å²) in [5.41, 5.74) is 6.73. The smallest absolute Gasteiger partial charge is 0.223 e. The van der Waals surface area contributed by atoms with Crippen molar-refractivity contribution in [2.24, 2.45) is 0 Å². The average molecular weight is 221 g/mol. The van der Waals surface area contributed by atoms with Crippen molar-refractivity contribution in [1.82, 2.24) is 9.97 Å². The molecule has 2 aromatic rings. The molecule has 2 aromatic heterocycles. The van der Waals surface area contributed by atoms with E-state index in [1.54, 1.807) is 6.92 Å². The van der Waals surface area contributed by atoms with Crippen LogP contribution in [-0.2, 0) is 0 Å². The third-order valence-electron chi connectivity index (χ3n) is 2.38. The number of hydrogen-bond acceptors (Lipinski definition) is 3. The van der Waals surface area contributed by atoms with Crippen LogP contribution in [0.5, 0.6) is 0 Å². The molecule has 0 saturated carbocycles. The predicted octanol–water partition coefficient (Wildman–Crippen LogP) is 2.31. The molecule has 0 atom stereocenters. The number of rotatable bonds is 1. The van der Waals surface area contributed by atoms with E-state index in [0.717, 1.165) is 12.3 Å². The molecule has 0 aromatic carbocycles. The second-order valence-electron chi connectivity index (χ2n) is 3.36. The summed E-state index contributed by atoms with van der Waals surface area (Å²) in [6.45, 7) is 1.68. The van der Waals surface area contributed by atoms with Crippen molar-refractivity contribution >= 4 is 5.69 Å². The number of halogens is 2. The van der Waals surface area contributed by atoms with Crippen LogP contribution in [0.15, 0.2) is 24.7 Å². The molecular formula is C11H9F2N3. The van der Waals surface area contributed by atoms with Crippen LogP contribution in [0.3, 0.4) is 0 Å². The Morgan fingerprint density at radius 1 is 1.25 bits per heavy atom. The molecule has 0 aliphatic carbocycles. The maximum atomic E-state index is 13.5. The van der Waals surface area contributed by atoms with E-state index >= 15 is 0 Å². The number of aromatic nitrogens is 2. The van der Waals surface area contributed by atoms with Crippen LogP contribution < -0.4 is 5.73 Å². The highest BCUT2D eigenvalue weighted by atomic mass is 19.1. The Morgan fingerprint density at radius 3 is 2.69 bits per heavy atom. The highest BCUT2D eigenvalue weighted by Crippen LogP contribution is 2.29.